The zero-order chi connectivity index (χ0) is 17.8. The SMILES string of the molecule is COc1ccc(/C=N/Nc2cc(C)nc(-n3nc(C)cc3C)n2)cc1. The van der Waals surface area contributed by atoms with E-state index in [1.807, 2.05) is 57.2 Å². The molecule has 1 N–H and O–H groups in total. The smallest absolute Gasteiger partial charge is 0.253 e. The van der Waals surface area contributed by atoms with Gasteiger partial charge in [-0.1, -0.05) is 0 Å². The van der Waals surface area contributed by atoms with Gasteiger partial charge < -0.3 is 4.74 Å². The van der Waals surface area contributed by atoms with Gasteiger partial charge in [-0.3, -0.25) is 5.43 Å². The van der Waals surface area contributed by atoms with Crippen LogP contribution in [0.3, 0.4) is 0 Å². The number of hydrazone groups is 1. The first-order chi connectivity index (χ1) is 12.0. The Morgan fingerprint density at radius 2 is 1.80 bits per heavy atom. The Labute approximate surface area is 146 Å². The molecule has 0 spiro atoms. The Kier molecular flexibility index (Phi) is 4.74. The van der Waals surface area contributed by atoms with Crippen molar-refractivity contribution in [2.75, 3.05) is 12.5 Å². The standard InChI is InChI=1S/C18H20N6O/c1-12-10-17(21-18(20-12)24-14(3)9-13(2)23-24)22-19-11-15-5-7-16(25-4)8-6-15/h5-11H,1-4H3,(H,20,21,22)/b19-11+. The minimum absolute atomic E-state index is 0.521. The van der Waals surface area contributed by atoms with Crippen molar-refractivity contribution in [3.05, 3.63) is 59.0 Å². The largest absolute Gasteiger partial charge is 0.497 e. The number of nitrogens with one attached hydrogen (secondary N) is 1. The van der Waals surface area contributed by atoms with Crippen molar-refractivity contribution in [2.24, 2.45) is 5.10 Å². The van der Waals surface area contributed by atoms with Crippen LogP contribution in [0.5, 0.6) is 5.75 Å². The summed E-state index contributed by atoms with van der Waals surface area (Å²) in [6, 6.07) is 11.4. The van der Waals surface area contributed by atoms with Crippen molar-refractivity contribution in [1.82, 2.24) is 19.7 Å². The van der Waals surface area contributed by atoms with Crippen molar-refractivity contribution in [2.45, 2.75) is 20.8 Å². The molecule has 3 rings (SSSR count). The molecule has 2 aromatic heterocycles. The molecule has 0 aliphatic carbocycles. The van der Waals surface area contributed by atoms with Gasteiger partial charge in [0.2, 0.25) is 0 Å². The third kappa shape index (κ3) is 4.00. The molecule has 0 unspecified atom stereocenters. The Bertz CT molecular complexity index is 898. The average Bonchev–Trinajstić information content (AvgIpc) is 2.93. The quantitative estimate of drug-likeness (QED) is 0.572. The van der Waals surface area contributed by atoms with Gasteiger partial charge in [0.15, 0.2) is 5.82 Å². The van der Waals surface area contributed by atoms with E-state index in [0.29, 0.717) is 11.8 Å². The number of aromatic nitrogens is 4. The van der Waals surface area contributed by atoms with Crippen molar-refractivity contribution < 1.29 is 4.74 Å². The van der Waals surface area contributed by atoms with Gasteiger partial charge in [0.25, 0.3) is 5.95 Å². The summed E-state index contributed by atoms with van der Waals surface area (Å²) >= 11 is 0. The fraction of sp³-hybridized carbons (Fsp3) is 0.222. The Morgan fingerprint density at radius 1 is 1.04 bits per heavy atom. The van der Waals surface area contributed by atoms with Gasteiger partial charge >= 0.3 is 0 Å². The molecule has 3 aromatic rings. The van der Waals surface area contributed by atoms with E-state index >= 15 is 0 Å². The normalized spacial score (nSPS) is 11.0. The highest BCUT2D eigenvalue weighted by Crippen LogP contribution is 2.13. The zero-order valence-corrected chi connectivity index (χ0v) is 14.7. The first-order valence-corrected chi connectivity index (χ1v) is 7.87. The summed E-state index contributed by atoms with van der Waals surface area (Å²) in [5, 5.41) is 8.66. The molecule has 25 heavy (non-hydrogen) atoms. The molecule has 0 atom stereocenters. The second-order valence-electron chi connectivity index (χ2n) is 5.68. The Balaban J connectivity index is 1.78. The molecule has 7 nitrogen and oxygen atoms in total. The van der Waals surface area contributed by atoms with Crippen LogP contribution < -0.4 is 10.2 Å². The van der Waals surface area contributed by atoms with Gasteiger partial charge in [0, 0.05) is 17.5 Å². The lowest BCUT2D eigenvalue weighted by atomic mass is 10.2. The van der Waals surface area contributed by atoms with Gasteiger partial charge in [-0.15, -0.1) is 0 Å². The molecule has 7 heteroatoms. The number of nitrogens with zero attached hydrogens (tertiary/aromatic N) is 5. The van der Waals surface area contributed by atoms with Gasteiger partial charge in [0.05, 0.1) is 19.0 Å². The second kappa shape index (κ2) is 7.12. The first kappa shape index (κ1) is 16.6. The van der Waals surface area contributed by atoms with Crippen molar-refractivity contribution >= 4 is 12.0 Å². The fourth-order valence-electron chi connectivity index (χ4n) is 2.40. The van der Waals surface area contributed by atoms with E-state index in [9.17, 15) is 0 Å². The van der Waals surface area contributed by atoms with Crippen LogP contribution in [0.2, 0.25) is 0 Å². The molecule has 0 amide bonds. The predicted molar refractivity (Wildman–Crippen MR) is 97.6 cm³/mol. The van der Waals surface area contributed by atoms with Gasteiger partial charge in [-0.25, -0.2) is 9.67 Å². The molecule has 0 saturated carbocycles. The summed E-state index contributed by atoms with van der Waals surface area (Å²) in [5.41, 5.74) is 6.64. The molecule has 1 aromatic carbocycles. The van der Waals surface area contributed by atoms with E-state index in [1.165, 1.54) is 0 Å². The van der Waals surface area contributed by atoms with Crippen LogP contribution >= 0.6 is 0 Å². The topological polar surface area (TPSA) is 77.2 Å². The number of hydrogen-bond donors (Lipinski definition) is 1. The summed E-state index contributed by atoms with van der Waals surface area (Å²) in [7, 11) is 1.64. The Hall–Kier alpha value is -3.22. The van der Waals surface area contributed by atoms with Crippen molar-refractivity contribution in [1.29, 1.82) is 0 Å². The number of benzene rings is 1. The van der Waals surface area contributed by atoms with E-state index in [0.717, 1.165) is 28.4 Å². The monoisotopic (exact) mass is 336 g/mol. The van der Waals surface area contributed by atoms with E-state index in [2.05, 4.69) is 25.6 Å². The molecule has 0 saturated heterocycles. The van der Waals surface area contributed by atoms with E-state index < -0.39 is 0 Å². The van der Waals surface area contributed by atoms with E-state index in [1.54, 1.807) is 18.0 Å². The molecule has 2 heterocycles. The lowest BCUT2D eigenvalue weighted by Crippen LogP contribution is -2.08. The van der Waals surface area contributed by atoms with Gasteiger partial charge in [-0.05, 0) is 56.7 Å². The van der Waals surface area contributed by atoms with Crippen LogP contribution in [0.15, 0.2) is 41.5 Å². The highest BCUT2D eigenvalue weighted by atomic mass is 16.5. The summed E-state index contributed by atoms with van der Waals surface area (Å²) in [4.78, 5) is 8.93. The minimum atomic E-state index is 0.521. The van der Waals surface area contributed by atoms with Crippen LogP contribution in [0, 0.1) is 20.8 Å². The fourth-order valence-corrected chi connectivity index (χ4v) is 2.40. The van der Waals surface area contributed by atoms with Crippen LogP contribution in [-0.2, 0) is 0 Å². The maximum absolute atomic E-state index is 5.14. The average molecular weight is 336 g/mol. The van der Waals surface area contributed by atoms with Crippen molar-refractivity contribution in [3.8, 4) is 11.7 Å². The molecular weight excluding hydrogens is 316 g/mol. The highest BCUT2D eigenvalue weighted by molar-refractivity contribution is 5.80. The number of rotatable bonds is 5. The van der Waals surface area contributed by atoms with Gasteiger partial charge in [-0.2, -0.15) is 15.2 Å². The molecule has 0 fully saturated rings. The number of anilines is 1. The third-order valence-corrected chi connectivity index (χ3v) is 3.55. The second-order valence-corrected chi connectivity index (χ2v) is 5.68. The summed E-state index contributed by atoms with van der Waals surface area (Å²) in [6.07, 6.45) is 1.72. The number of methoxy groups -OCH3 is 1. The van der Waals surface area contributed by atoms with E-state index in [4.69, 9.17) is 4.74 Å². The zero-order valence-electron chi connectivity index (χ0n) is 14.7. The van der Waals surface area contributed by atoms with Crippen LogP contribution in [-0.4, -0.2) is 33.1 Å². The molecule has 0 aliphatic heterocycles. The summed E-state index contributed by atoms with van der Waals surface area (Å²) in [5.74, 6) is 1.94. The molecule has 0 radical (unpaired) electrons. The van der Waals surface area contributed by atoms with Gasteiger partial charge in [0.1, 0.15) is 5.75 Å². The summed E-state index contributed by atoms with van der Waals surface area (Å²) in [6.45, 7) is 5.83. The molecule has 0 aliphatic rings. The Morgan fingerprint density at radius 3 is 2.44 bits per heavy atom. The highest BCUT2D eigenvalue weighted by Gasteiger charge is 2.08. The maximum Gasteiger partial charge on any atom is 0.253 e. The third-order valence-electron chi connectivity index (χ3n) is 3.55. The maximum atomic E-state index is 5.14. The minimum Gasteiger partial charge on any atom is -0.497 e. The lowest BCUT2D eigenvalue weighted by molar-refractivity contribution is 0.415. The van der Waals surface area contributed by atoms with Crippen LogP contribution in [0.1, 0.15) is 22.6 Å². The first-order valence-electron chi connectivity index (χ1n) is 7.87. The van der Waals surface area contributed by atoms with Crippen LogP contribution in [0.25, 0.3) is 5.95 Å². The molecule has 128 valence electrons. The number of aryl methyl sites for hydroxylation is 3. The number of hydrogen-bond acceptors (Lipinski definition) is 6. The van der Waals surface area contributed by atoms with Crippen molar-refractivity contribution in [3.63, 3.8) is 0 Å². The molecule has 0 bridgehead atoms. The van der Waals surface area contributed by atoms with E-state index in [-0.39, 0.29) is 0 Å². The predicted octanol–water partition coefficient (Wildman–Crippen LogP) is 3.04. The summed E-state index contributed by atoms with van der Waals surface area (Å²) < 4.78 is 6.86. The van der Waals surface area contributed by atoms with Crippen LogP contribution in [0.4, 0.5) is 5.82 Å². The molecular formula is C18H20N6O. The lowest BCUT2D eigenvalue weighted by Gasteiger charge is -2.06. The number of ether oxygens (including phenoxy) is 1.